The lowest BCUT2D eigenvalue weighted by atomic mass is 10.1. The minimum Gasteiger partial charge on any atom is -0.383 e. The predicted octanol–water partition coefficient (Wildman–Crippen LogP) is 4.76. The lowest BCUT2D eigenvalue weighted by molar-refractivity contribution is 0.810. The molecule has 0 aliphatic carbocycles. The Balaban J connectivity index is 2.63. The molecule has 0 aliphatic rings. The third-order valence-electron chi connectivity index (χ3n) is 2.62. The van der Waals surface area contributed by atoms with Gasteiger partial charge in [0.1, 0.15) is 5.82 Å². The van der Waals surface area contributed by atoms with Crippen molar-refractivity contribution in [2.75, 3.05) is 5.73 Å². The molecule has 1 aromatic heterocycles. The molecule has 0 bridgehead atoms. The average Bonchev–Trinajstić information content (AvgIpc) is 2.32. The quantitative estimate of drug-likeness (QED) is 0.730. The first-order valence-corrected chi connectivity index (χ1v) is 7.52. The highest BCUT2D eigenvalue weighted by Gasteiger charge is 2.15. The molecule has 0 fully saturated rings. The Morgan fingerprint density at radius 2 is 1.89 bits per heavy atom. The number of nitrogen functional groups attached to an aromatic ring is 1. The number of hydrogen-bond acceptors (Lipinski definition) is 3. The van der Waals surface area contributed by atoms with Crippen LogP contribution in [0.15, 0.2) is 18.2 Å². The molecule has 2 aromatic rings. The normalized spacial score (nSPS) is 11.1. The van der Waals surface area contributed by atoms with Gasteiger partial charge in [-0.05, 0) is 46.7 Å². The second kappa shape index (κ2) is 5.81. The Labute approximate surface area is 135 Å². The van der Waals surface area contributed by atoms with E-state index in [4.69, 9.17) is 28.9 Å². The first-order chi connectivity index (χ1) is 8.90. The van der Waals surface area contributed by atoms with Gasteiger partial charge in [-0.25, -0.2) is 9.97 Å². The van der Waals surface area contributed by atoms with Crippen LogP contribution in [0.25, 0.3) is 11.4 Å². The largest absolute Gasteiger partial charge is 0.383 e. The number of nitrogens with two attached hydrogens (primary N) is 1. The van der Waals surface area contributed by atoms with Gasteiger partial charge in [0.2, 0.25) is 0 Å². The van der Waals surface area contributed by atoms with Crippen LogP contribution in [-0.2, 0) is 0 Å². The SMILES string of the molecule is CC(C)c1nc(-c2ccc(Cl)cc2Cl)nc(N)c1I. The van der Waals surface area contributed by atoms with Crippen molar-refractivity contribution in [1.29, 1.82) is 0 Å². The zero-order chi connectivity index (χ0) is 14.2. The second-order valence-electron chi connectivity index (χ2n) is 4.41. The first-order valence-electron chi connectivity index (χ1n) is 5.68. The Bertz CT molecular complexity index is 630. The molecule has 0 unspecified atom stereocenters. The van der Waals surface area contributed by atoms with Crippen molar-refractivity contribution in [2.45, 2.75) is 19.8 Å². The van der Waals surface area contributed by atoms with Crippen LogP contribution in [0.2, 0.25) is 10.0 Å². The van der Waals surface area contributed by atoms with Gasteiger partial charge in [-0.2, -0.15) is 0 Å². The standard InChI is InChI=1S/C13H12Cl2IN3/c1-6(2)11-10(16)12(17)19-13(18-11)8-4-3-7(14)5-9(8)15/h3-6H,1-2H3,(H2,17,18,19). The third-order valence-corrected chi connectivity index (χ3v) is 4.27. The van der Waals surface area contributed by atoms with E-state index >= 15 is 0 Å². The zero-order valence-electron chi connectivity index (χ0n) is 10.4. The molecule has 0 atom stereocenters. The number of benzene rings is 1. The minimum absolute atomic E-state index is 0.266. The maximum absolute atomic E-state index is 6.18. The van der Waals surface area contributed by atoms with Crippen molar-refractivity contribution in [1.82, 2.24) is 9.97 Å². The van der Waals surface area contributed by atoms with Crippen molar-refractivity contribution in [3.63, 3.8) is 0 Å². The molecule has 0 saturated carbocycles. The van der Waals surface area contributed by atoms with Gasteiger partial charge in [0.05, 0.1) is 14.3 Å². The van der Waals surface area contributed by atoms with Gasteiger partial charge in [0, 0.05) is 10.6 Å². The van der Waals surface area contributed by atoms with E-state index in [0.717, 1.165) is 14.8 Å². The van der Waals surface area contributed by atoms with E-state index in [-0.39, 0.29) is 5.92 Å². The summed E-state index contributed by atoms with van der Waals surface area (Å²) in [6, 6.07) is 5.23. The third kappa shape index (κ3) is 3.12. The maximum Gasteiger partial charge on any atom is 0.163 e. The molecule has 0 aliphatic heterocycles. The van der Waals surface area contributed by atoms with Crippen LogP contribution in [0, 0.1) is 3.57 Å². The molecule has 2 rings (SSSR count). The predicted molar refractivity (Wildman–Crippen MR) is 88.7 cm³/mol. The minimum atomic E-state index is 0.266. The monoisotopic (exact) mass is 407 g/mol. The van der Waals surface area contributed by atoms with Crippen molar-refractivity contribution in [2.24, 2.45) is 0 Å². The van der Waals surface area contributed by atoms with Crippen LogP contribution < -0.4 is 5.73 Å². The number of aromatic nitrogens is 2. The van der Waals surface area contributed by atoms with Gasteiger partial charge in [-0.3, -0.25) is 0 Å². The molecule has 0 saturated heterocycles. The van der Waals surface area contributed by atoms with Gasteiger partial charge in [0.25, 0.3) is 0 Å². The Hall–Kier alpha value is -0.590. The highest BCUT2D eigenvalue weighted by Crippen LogP contribution is 2.31. The summed E-state index contributed by atoms with van der Waals surface area (Å²) in [5, 5.41) is 1.10. The fraction of sp³-hybridized carbons (Fsp3) is 0.231. The summed E-state index contributed by atoms with van der Waals surface area (Å²) in [5.74, 6) is 1.27. The molecule has 0 spiro atoms. The highest BCUT2D eigenvalue weighted by molar-refractivity contribution is 14.1. The van der Waals surface area contributed by atoms with Gasteiger partial charge in [-0.1, -0.05) is 37.0 Å². The van der Waals surface area contributed by atoms with Crippen molar-refractivity contribution < 1.29 is 0 Å². The molecule has 1 heterocycles. The summed E-state index contributed by atoms with van der Waals surface area (Å²) < 4.78 is 0.890. The Kier molecular flexibility index (Phi) is 4.53. The molecule has 2 N–H and O–H groups in total. The van der Waals surface area contributed by atoms with E-state index < -0.39 is 0 Å². The van der Waals surface area contributed by atoms with Crippen LogP contribution in [-0.4, -0.2) is 9.97 Å². The fourth-order valence-corrected chi connectivity index (χ4v) is 3.01. The van der Waals surface area contributed by atoms with E-state index in [2.05, 4.69) is 46.4 Å². The summed E-state index contributed by atoms with van der Waals surface area (Å²) in [6.07, 6.45) is 0. The summed E-state index contributed by atoms with van der Waals surface area (Å²) in [4.78, 5) is 8.88. The highest BCUT2D eigenvalue weighted by atomic mass is 127. The lowest BCUT2D eigenvalue weighted by Gasteiger charge is -2.12. The molecule has 0 radical (unpaired) electrons. The van der Waals surface area contributed by atoms with E-state index in [9.17, 15) is 0 Å². The molecule has 0 amide bonds. The smallest absolute Gasteiger partial charge is 0.163 e. The van der Waals surface area contributed by atoms with E-state index in [1.54, 1.807) is 18.2 Å². The van der Waals surface area contributed by atoms with Crippen LogP contribution in [0.1, 0.15) is 25.5 Å². The molecule has 19 heavy (non-hydrogen) atoms. The number of anilines is 1. The molecule has 1 aromatic carbocycles. The number of hydrogen-bond donors (Lipinski definition) is 1. The second-order valence-corrected chi connectivity index (χ2v) is 6.33. The Morgan fingerprint density at radius 1 is 1.21 bits per heavy atom. The van der Waals surface area contributed by atoms with Crippen LogP contribution in [0.4, 0.5) is 5.82 Å². The number of nitrogens with zero attached hydrogens (tertiary/aromatic N) is 2. The van der Waals surface area contributed by atoms with E-state index in [0.29, 0.717) is 21.7 Å². The molecule has 3 nitrogen and oxygen atoms in total. The average molecular weight is 408 g/mol. The van der Waals surface area contributed by atoms with Crippen LogP contribution in [0.3, 0.4) is 0 Å². The van der Waals surface area contributed by atoms with Crippen molar-refractivity contribution in [3.8, 4) is 11.4 Å². The summed E-state index contributed by atoms with van der Waals surface area (Å²) in [5.41, 5.74) is 7.61. The number of rotatable bonds is 2. The van der Waals surface area contributed by atoms with Crippen molar-refractivity contribution >= 4 is 51.6 Å². The fourth-order valence-electron chi connectivity index (χ4n) is 1.66. The molecule has 6 heteroatoms. The molecular weight excluding hydrogens is 396 g/mol. The van der Waals surface area contributed by atoms with E-state index in [1.165, 1.54) is 0 Å². The van der Waals surface area contributed by atoms with Gasteiger partial charge in [-0.15, -0.1) is 0 Å². The topological polar surface area (TPSA) is 51.8 Å². The number of halogens is 3. The lowest BCUT2D eigenvalue weighted by Crippen LogP contribution is -2.06. The molecular formula is C13H12Cl2IN3. The maximum atomic E-state index is 6.18. The summed E-state index contributed by atoms with van der Waals surface area (Å²) in [7, 11) is 0. The summed E-state index contributed by atoms with van der Waals surface area (Å²) >= 11 is 14.2. The molecule has 100 valence electrons. The van der Waals surface area contributed by atoms with Crippen LogP contribution in [0.5, 0.6) is 0 Å². The van der Waals surface area contributed by atoms with E-state index in [1.807, 2.05) is 0 Å². The zero-order valence-corrected chi connectivity index (χ0v) is 14.1. The van der Waals surface area contributed by atoms with Gasteiger partial charge < -0.3 is 5.73 Å². The van der Waals surface area contributed by atoms with Crippen molar-refractivity contribution in [3.05, 3.63) is 37.5 Å². The van der Waals surface area contributed by atoms with Gasteiger partial charge >= 0.3 is 0 Å². The van der Waals surface area contributed by atoms with Gasteiger partial charge in [0.15, 0.2) is 5.82 Å². The Morgan fingerprint density at radius 3 is 2.47 bits per heavy atom. The summed E-state index contributed by atoms with van der Waals surface area (Å²) in [6.45, 7) is 4.13. The first kappa shape index (κ1) is 14.8. The van der Waals surface area contributed by atoms with Crippen LogP contribution >= 0.6 is 45.8 Å².